The zero-order valence-corrected chi connectivity index (χ0v) is 18.9. The molecule has 3 heterocycles. The minimum atomic E-state index is -3.35. The molecule has 168 valence electrons. The second-order valence-electron chi connectivity index (χ2n) is 8.28. The maximum absolute atomic E-state index is 12.9. The molecule has 0 aliphatic carbocycles. The highest BCUT2D eigenvalue weighted by Gasteiger charge is 2.33. The van der Waals surface area contributed by atoms with E-state index in [0.29, 0.717) is 37.4 Å². The second kappa shape index (κ2) is 8.64. The summed E-state index contributed by atoms with van der Waals surface area (Å²) in [4.78, 5) is 15.2. The fourth-order valence-electron chi connectivity index (χ4n) is 4.47. The summed E-state index contributed by atoms with van der Waals surface area (Å²) in [6.45, 7) is 7.06. The number of aryl methyl sites for hydroxylation is 1. The van der Waals surface area contributed by atoms with E-state index in [4.69, 9.17) is 9.15 Å². The van der Waals surface area contributed by atoms with E-state index in [9.17, 15) is 13.2 Å². The van der Waals surface area contributed by atoms with Crippen LogP contribution in [0.25, 0.3) is 0 Å². The first kappa shape index (κ1) is 21.9. The summed E-state index contributed by atoms with van der Waals surface area (Å²) >= 11 is 0. The van der Waals surface area contributed by atoms with Crippen LogP contribution < -0.4 is 9.62 Å². The molecule has 0 saturated carbocycles. The maximum atomic E-state index is 12.9. The van der Waals surface area contributed by atoms with Gasteiger partial charge in [-0.3, -0.25) is 14.0 Å². The van der Waals surface area contributed by atoms with Crippen molar-refractivity contribution in [2.24, 2.45) is 0 Å². The molecule has 1 aromatic carbocycles. The first-order valence-electron chi connectivity index (χ1n) is 10.5. The van der Waals surface area contributed by atoms with Gasteiger partial charge < -0.3 is 14.5 Å². The number of fused-ring (bicyclic) bond motifs is 1. The van der Waals surface area contributed by atoms with Gasteiger partial charge in [-0.15, -0.1) is 0 Å². The standard InChI is InChI=1S/C22H29N3O5S/c1-15-12-18-13-17(5-6-19(18)25(15)31(3,27)28)22(26)23-14-20(21-7-4-16(2)30-21)24-8-10-29-11-9-24/h4-7,13,15,20H,8-12,14H2,1-3H3,(H,23,26)/t15-,20+/m1/s1. The number of furan rings is 1. The molecule has 2 aromatic rings. The number of carbonyl (C=O) groups is 1. The molecule has 0 spiro atoms. The third-order valence-electron chi connectivity index (χ3n) is 5.88. The monoisotopic (exact) mass is 447 g/mol. The van der Waals surface area contributed by atoms with E-state index in [1.807, 2.05) is 26.0 Å². The molecular formula is C22H29N3O5S. The molecule has 0 bridgehead atoms. The topological polar surface area (TPSA) is 92.1 Å². The van der Waals surface area contributed by atoms with Crippen LogP contribution >= 0.6 is 0 Å². The van der Waals surface area contributed by atoms with Crippen molar-refractivity contribution in [3.63, 3.8) is 0 Å². The highest BCUT2D eigenvalue weighted by Crippen LogP contribution is 2.34. The Bertz CT molecular complexity index is 1060. The zero-order chi connectivity index (χ0) is 22.2. The van der Waals surface area contributed by atoms with Gasteiger partial charge in [0.1, 0.15) is 11.5 Å². The number of anilines is 1. The van der Waals surface area contributed by atoms with Gasteiger partial charge in [0.2, 0.25) is 10.0 Å². The largest absolute Gasteiger partial charge is 0.465 e. The number of nitrogens with zero attached hydrogens (tertiary/aromatic N) is 2. The molecule has 1 aromatic heterocycles. The van der Waals surface area contributed by atoms with Crippen LogP contribution in [0.3, 0.4) is 0 Å². The van der Waals surface area contributed by atoms with E-state index in [-0.39, 0.29) is 18.0 Å². The van der Waals surface area contributed by atoms with E-state index < -0.39 is 10.0 Å². The summed E-state index contributed by atoms with van der Waals surface area (Å²) in [5, 5.41) is 3.03. The molecular weight excluding hydrogens is 418 g/mol. The van der Waals surface area contributed by atoms with Crippen molar-refractivity contribution >= 4 is 21.6 Å². The molecule has 1 fully saturated rings. The summed E-state index contributed by atoms with van der Waals surface area (Å²) in [5.41, 5.74) is 2.05. The number of carbonyl (C=O) groups excluding carboxylic acids is 1. The smallest absolute Gasteiger partial charge is 0.251 e. The second-order valence-corrected chi connectivity index (χ2v) is 10.1. The third-order valence-corrected chi connectivity index (χ3v) is 7.16. The molecule has 9 heteroatoms. The predicted octanol–water partition coefficient (Wildman–Crippen LogP) is 2.10. The Morgan fingerprint density at radius 3 is 2.61 bits per heavy atom. The fraction of sp³-hybridized carbons (Fsp3) is 0.500. The lowest BCUT2D eigenvalue weighted by Gasteiger charge is -2.33. The van der Waals surface area contributed by atoms with Crippen LogP contribution in [0.5, 0.6) is 0 Å². The lowest BCUT2D eigenvalue weighted by molar-refractivity contribution is 0.0117. The minimum Gasteiger partial charge on any atom is -0.465 e. The van der Waals surface area contributed by atoms with E-state index in [2.05, 4.69) is 10.2 Å². The SMILES string of the molecule is Cc1ccc([C@H](CNC(=O)c2ccc3c(c2)C[C@@H](C)N3S(C)(=O)=O)N2CCOCC2)o1. The Hall–Kier alpha value is -2.36. The lowest BCUT2D eigenvalue weighted by Crippen LogP contribution is -2.43. The molecule has 0 radical (unpaired) electrons. The summed E-state index contributed by atoms with van der Waals surface area (Å²) in [6, 6.07) is 8.87. The molecule has 0 unspecified atom stereocenters. The van der Waals surface area contributed by atoms with Gasteiger partial charge in [-0.2, -0.15) is 0 Å². The molecule has 1 saturated heterocycles. The van der Waals surface area contributed by atoms with Gasteiger partial charge in [0.05, 0.1) is 31.2 Å². The number of hydrogen-bond acceptors (Lipinski definition) is 6. The first-order valence-corrected chi connectivity index (χ1v) is 12.4. The molecule has 1 N–H and O–H groups in total. The summed E-state index contributed by atoms with van der Waals surface area (Å²) in [7, 11) is -3.35. The van der Waals surface area contributed by atoms with E-state index >= 15 is 0 Å². The highest BCUT2D eigenvalue weighted by atomic mass is 32.2. The van der Waals surface area contributed by atoms with Crippen LogP contribution in [0, 0.1) is 6.92 Å². The van der Waals surface area contributed by atoms with Crippen molar-refractivity contribution in [2.75, 3.05) is 43.4 Å². The number of hydrogen-bond donors (Lipinski definition) is 1. The Morgan fingerprint density at radius 2 is 1.97 bits per heavy atom. The van der Waals surface area contributed by atoms with Crippen molar-refractivity contribution < 1.29 is 22.4 Å². The van der Waals surface area contributed by atoms with E-state index in [1.54, 1.807) is 18.2 Å². The number of nitrogens with one attached hydrogen (secondary N) is 1. The Kier molecular flexibility index (Phi) is 6.09. The number of amides is 1. The minimum absolute atomic E-state index is 0.0725. The van der Waals surface area contributed by atoms with Crippen molar-refractivity contribution in [3.05, 3.63) is 53.0 Å². The van der Waals surface area contributed by atoms with Gasteiger partial charge in [-0.05, 0) is 56.2 Å². The molecule has 31 heavy (non-hydrogen) atoms. The van der Waals surface area contributed by atoms with Crippen LogP contribution in [0.2, 0.25) is 0 Å². The van der Waals surface area contributed by atoms with Crippen molar-refractivity contribution in [2.45, 2.75) is 32.4 Å². The molecule has 2 aliphatic rings. The summed E-state index contributed by atoms with van der Waals surface area (Å²) < 4.78 is 37.0. The van der Waals surface area contributed by atoms with Crippen molar-refractivity contribution in [1.82, 2.24) is 10.2 Å². The van der Waals surface area contributed by atoms with Crippen LogP contribution in [-0.4, -0.2) is 64.4 Å². The fourth-order valence-corrected chi connectivity index (χ4v) is 5.74. The van der Waals surface area contributed by atoms with Crippen LogP contribution in [-0.2, 0) is 21.2 Å². The van der Waals surface area contributed by atoms with Gasteiger partial charge in [0.15, 0.2) is 0 Å². The lowest BCUT2D eigenvalue weighted by atomic mass is 10.1. The number of sulfonamides is 1. The Morgan fingerprint density at radius 1 is 1.23 bits per heavy atom. The Balaban J connectivity index is 1.49. The number of benzene rings is 1. The third kappa shape index (κ3) is 4.63. The normalized spacial score (nSPS) is 20.5. The van der Waals surface area contributed by atoms with Crippen molar-refractivity contribution in [3.8, 4) is 0 Å². The average Bonchev–Trinajstić information content (AvgIpc) is 3.30. The van der Waals surface area contributed by atoms with Crippen molar-refractivity contribution in [1.29, 1.82) is 0 Å². The molecule has 1 amide bonds. The van der Waals surface area contributed by atoms with E-state index in [0.717, 1.165) is 30.2 Å². The molecule has 2 aliphatic heterocycles. The molecule has 8 nitrogen and oxygen atoms in total. The summed E-state index contributed by atoms with van der Waals surface area (Å²) in [6.07, 6.45) is 1.80. The predicted molar refractivity (Wildman–Crippen MR) is 118 cm³/mol. The van der Waals surface area contributed by atoms with Crippen LogP contribution in [0.1, 0.15) is 40.4 Å². The highest BCUT2D eigenvalue weighted by molar-refractivity contribution is 7.92. The quantitative estimate of drug-likeness (QED) is 0.729. The van der Waals surface area contributed by atoms with Crippen LogP contribution in [0.4, 0.5) is 5.69 Å². The van der Waals surface area contributed by atoms with E-state index in [1.165, 1.54) is 10.6 Å². The number of morpholine rings is 1. The summed E-state index contributed by atoms with van der Waals surface area (Å²) in [5.74, 6) is 1.48. The average molecular weight is 448 g/mol. The number of ether oxygens (including phenoxy) is 1. The first-order chi connectivity index (χ1) is 14.7. The Labute approximate surface area is 183 Å². The molecule has 4 rings (SSSR count). The molecule has 2 atom stereocenters. The van der Waals surface area contributed by atoms with Gasteiger partial charge >= 0.3 is 0 Å². The van der Waals surface area contributed by atoms with Crippen LogP contribution in [0.15, 0.2) is 34.7 Å². The van der Waals surface area contributed by atoms with Gasteiger partial charge in [-0.25, -0.2) is 8.42 Å². The van der Waals surface area contributed by atoms with Gasteiger partial charge in [0, 0.05) is 31.2 Å². The zero-order valence-electron chi connectivity index (χ0n) is 18.1. The van der Waals surface area contributed by atoms with Gasteiger partial charge in [-0.1, -0.05) is 0 Å². The maximum Gasteiger partial charge on any atom is 0.251 e. The number of rotatable bonds is 6. The van der Waals surface area contributed by atoms with Gasteiger partial charge in [0.25, 0.3) is 5.91 Å².